The fraction of sp³-hybridized carbons (Fsp3) is 0.250. The molecule has 1 aromatic carbocycles. The molecule has 0 spiro atoms. The number of nitrogens with one attached hydrogen (secondary N) is 3. The third-order valence-electron chi connectivity index (χ3n) is 3.63. The van der Waals surface area contributed by atoms with E-state index in [2.05, 4.69) is 20.1 Å². The van der Waals surface area contributed by atoms with Gasteiger partial charge in [-0.2, -0.15) is 0 Å². The molecular weight excluding hydrogens is 360 g/mol. The average Bonchev–Trinajstić information content (AvgIpc) is 3.03. The highest BCUT2D eigenvalue weighted by Crippen LogP contribution is 2.14. The van der Waals surface area contributed by atoms with Crippen LogP contribution in [0.3, 0.4) is 0 Å². The molecule has 0 bridgehead atoms. The van der Waals surface area contributed by atoms with E-state index in [-0.39, 0.29) is 17.1 Å². The Balaban J connectivity index is 2.02. The summed E-state index contributed by atoms with van der Waals surface area (Å²) in [5.41, 5.74) is 1.60. The molecule has 0 saturated heterocycles. The van der Waals surface area contributed by atoms with E-state index in [4.69, 9.17) is 0 Å². The molecule has 26 heavy (non-hydrogen) atoms. The molecule has 2 rings (SSSR count). The first-order valence-electron chi connectivity index (χ1n) is 7.59. The summed E-state index contributed by atoms with van der Waals surface area (Å²) in [6, 6.07) is 8.16. The molecule has 1 aromatic heterocycles. The van der Waals surface area contributed by atoms with Gasteiger partial charge >= 0.3 is 6.09 Å². The Morgan fingerprint density at radius 2 is 1.85 bits per heavy atom. The van der Waals surface area contributed by atoms with Crippen LogP contribution in [0.4, 0.5) is 10.5 Å². The topological polar surface area (TPSA) is 119 Å². The molecular formula is C16H20N4O5S. The normalized spacial score (nSPS) is 11.0. The van der Waals surface area contributed by atoms with Crippen molar-refractivity contribution in [2.75, 3.05) is 19.5 Å². The minimum atomic E-state index is -3.61. The van der Waals surface area contributed by atoms with E-state index < -0.39 is 22.0 Å². The first kappa shape index (κ1) is 19.5. The molecule has 0 aliphatic rings. The highest BCUT2D eigenvalue weighted by Gasteiger charge is 2.18. The van der Waals surface area contributed by atoms with E-state index in [9.17, 15) is 18.0 Å². The van der Waals surface area contributed by atoms with Gasteiger partial charge in [0.15, 0.2) is 0 Å². The lowest BCUT2D eigenvalue weighted by atomic mass is 10.2. The Labute approximate surface area is 151 Å². The van der Waals surface area contributed by atoms with Crippen LogP contribution < -0.4 is 15.4 Å². The number of hydrogen-bond acceptors (Lipinski definition) is 5. The smallest absolute Gasteiger partial charge is 0.411 e. The van der Waals surface area contributed by atoms with Crippen LogP contribution in [-0.4, -0.2) is 39.1 Å². The zero-order chi connectivity index (χ0) is 19.3. The Morgan fingerprint density at radius 3 is 2.42 bits per heavy atom. The number of carbonyl (C=O) groups is 2. The molecule has 0 aliphatic heterocycles. The van der Waals surface area contributed by atoms with Crippen molar-refractivity contribution in [1.29, 1.82) is 0 Å². The maximum absolute atomic E-state index is 12.3. The summed E-state index contributed by atoms with van der Waals surface area (Å²) in [6.07, 6.45) is 0.802. The van der Waals surface area contributed by atoms with Gasteiger partial charge in [-0.15, -0.1) is 0 Å². The van der Waals surface area contributed by atoms with Gasteiger partial charge in [0.05, 0.1) is 7.11 Å². The Kier molecular flexibility index (Phi) is 6.01. The molecule has 0 aliphatic carbocycles. The molecule has 0 unspecified atom stereocenters. The van der Waals surface area contributed by atoms with Crippen LogP contribution >= 0.6 is 0 Å². The predicted molar refractivity (Wildman–Crippen MR) is 95.3 cm³/mol. The summed E-state index contributed by atoms with van der Waals surface area (Å²) in [5, 5.41) is 5.25. The second kappa shape index (κ2) is 8.02. The number of ether oxygens (including phenoxy) is 1. The largest absolute Gasteiger partial charge is 0.453 e. The molecule has 0 atom stereocenters. The zero-order valence-electron chi connectivity index (χ0n) is 14.6. The van der Waals surface area contributed by atoms with Crippen LogP contribution in [0.1, 0.15) is 16.1 Å². The maximum atomic E-state index is 12.3. The minimum absolute atomic E-state index is 0.0193. The number of nitrogens with zero attached hydrogens (tertiary/aromatic N) is 1. The van der Waals surface area contributed by atoms with Crippen molar-refractivity contribution in [2.24, 2.45) is 7.05 Å². The van der Waals surface area contributed by atoms with Crippen molar-refractivity contribution in [3.05, 3.63) is 47.8 Å². The van der Waals surface area contributed by atoms with Gasteiger partial charge in [-0.05, 0) is 30.8 Å². The fourth-order valence-electron chi connectivity index (χ4n) is 2.17. The summed E-state index contributed by atoms with van der Waals surface area (Å²) in [4.78, 5) is 23.4. The number of methoxy groups -OCH3 is 1. The van der Waals surface area contributed by atoms with Crippen molar-refractivity contribution >= 4 is 27.7 Å². The van der Waals surface area contributed by atoms with Crippen molar-refractivity contribution in [3.63, 3.8) is 0 Å². The molecule has 0 fully saturated rings. The zero-order valence-corrected chi connectivity index (χ0v) is 15.4. The Morgan fingerprint density at radius 1 is 1.19 bits per heavy atom. The number of anilines is 1. The van der Waals surface area contributed by atoms with Crippen molar-refractivity contribution < 1.29 is 22.7 Å². The molecule has 140 valence electrons. The van der Waals surface area contributed by atoms with E-state index in [1.807, 2.05) is 0 Å². The number of carbonyl (C=O) groups excluding carboxylic acids is 2. The molecule has 0 saturated carbocycles. The Bertz CT molecular complexity index is 903. The Hall–Kier alpha value is -2.85. The molecule has 2 amide bonds. The van der Waals surface area contributed by atoms with Gasteiger partial charge in [0.2, 0.25) is 10.0 Å². The standard InChI is InChI=1S/C16H20N4O5S/c1-17-26(23,24)13-8-14(20(2)10-13)15(21)18-9-11-4-6-12(7-5-11)19-16(22)25-3/h4-8,10,17H,9H2,1-3H3,(H,18,21)(H,19,22). The second-order valence-electron chi connectivity index (χ2n) is 5.38. The molecule has 3 N–H and O–H groups in total. The third-order valence-corrected chi connectivity index (χ3v) is 5.01. The van der Waals surface area contributed by atoms with Crippen LogP contribution in [0.15, 0.2) is 41.4 Å². The fourth-order valence-corrected chi connectivity index (χ4v) is 2.97. The number of hydrogen-bond donors (Lipinski definition) is 3. The first-order valence-corrected chi connectivity index (χ1v) is 9.07. The van der Waals surface area contributed by atoms with Gasteiger partial charge in [0, 0.05) is 25.5 Å². The average molecular weight is 380 g/mol. The highest BCUT2D eigenvalue weighted by molar-refractivity contribution is 7.89. The van der Waals surface area contributed by atoms with Crippen LogP contribution in [0.25, 0.3) is 0 Å². The predicted octanol–water partition coefficient (Wildman–Crippen LogP) is 1.04. The van der Waals surface area contributed by atoms with E-state index in [0.717, 1.165) is 5.56 Å². The number of rotatable bonds is 6. The summed E-state index contributed by atoms with van der Waals surface area (Å²) in [5.74, 6) is -0.401. The number of aryl methyl sites for hydroxylation is 1. The minimum Gasteiger partial charge on any atom is -0.453 e. The van der Waals surface area contributed by atoms with E-state index in [0.29, 0.717) is 5.69 Å². The van der Waals surface area contributed by atoms with Gasteiger partial charge in [-0.1, -0.05) is 12.1 Å². The van der Waals surface area contributed by atoms with E-state index in [1.165, 1.54) is 31.0 Å². The molecule has 1 heterocycles. The second-order valence-corrected chi connectivity index (χ2v) is 7.26. The van der Waals surface area contributed by atoms with Gasteiger partial charge in [0.1, 0.15) is 10.6 Å². The van der Waals surface area contributed by atoms with Crippen LogP contribution in [0.2, 0.25) is 0 Å². The quantitative estimate of drug-likeness (QED) is 0.692. The number of aromatic nitrogens is 1. The van der Waals surface area contributed by atoms with Crippen LogP contribution in [0, 0.1) is 0 Å². The van der Waals surface area contributed by atoms with Crippen molar-refractivity contribution in [2.45, 2.75) is 11.4 Å². The van der Waals surface area contributed by atoms with Gasteiger partial charge in [-0.3, -0.25) is 10.1 Å². The SMILES string of the molecule is CNS(=O)(=O)c1cc(C(=O)NCc2ccc(NC(=O)OC)cc2)n(C)c1. The lowest BCUT2D eigenvalue weighted by Crippen LogP contribution is -2.24. The molecule has 2 aromatic rings. The molecule has 10 heteroatoms. The molecule has 0 radical (unpaired) electrons. The van der Waals surface area contributed by atoms with E-state index >= 15 is 0 Å². The van der Waals surface area contributed by atoms with Gasteiger partial charge in [-0.25, -0.2) is 17.9 Å². The monoisotopic (exact) mass is 380 g/mol. The van der Waals surface area contributed by atoms with Crippen molar-refractivity contribution in [3.8, 4) is 0 Å². The van der Waals surface area contributed by atoms with Gasteiger partial charge in [0.25, 0.3) is 5.91 Å². The summed E-state index contributed by atoms with van der Waals surface area (Å²) >= 11 is 0. The van der Waals surface area contributed by atoms with Crippen LogP contribution in [-0.2, 0) is 28.4 Å². The number of amides is 2. The summed E-state index contributed by atoms with van der Waals surface area (Å²) in [6.45, 7) is 0.247. The van der Waals surface area contributed by atoms with Crippen LogP contribution in [0.5, 0.6) is 0 Å². The highest BCUT2D eigenvalue weighted by atomic mass is 32.2. The first-order chi connectivity index (χ1) is 12.3. The number of sulfonamides is 1. The lowest BCUT2D eigenvalue weighted by Gasteiger charge is -2.08. The molecule has 9 nitrogen and oxygen atoms in total. The summed E-state index contributed by atoms with van der Waals surface area (Å²) < 4.78 is 31.8. The van der Waals surface area contributed by atoms with E-state index in [1.54, 1.807) is 31.3 Å². The maximum Gasteiger partial charge on any atom is 0.411 e. The lowest BCUT2D eigenvalue weighted by molar-refractivity contribution is 0.0942. The summed E-state index contributed by atoms with van der Waals surface area (Å²) in [7, 11) is 0.561. The third kappa shape index (κ3) is 4.61. The number of benzene rings is 1. The van der Waals surface area contributed by atoms with Gasteiger partial charge < -0.3 is 14.6 Å². The van der Waals surface area contributed by atoms with Crippen molar-refractivity contribution in [1.82, 2.24) is 14.6 Å².